The fourth-order valence-corrected chi connectivity index (χ4v) is 4.39. The van der Waals surface area contributed by atoms with E-state index in [2.05, 4.69) is 5.32 Å². The molecule has 0 atom stereocenters. The van der Waals surface area contributed by atoms with E-state index in [1.54, 1.807) is 12.1 Å². The maximum absolute atomic E-state index is 13.5. The van der Waals surface area contributed by atoms with Gasteiger partial charge < -0.3 is 14.8 Å². The lowest BCUT2D eigenvalue weighted by Gasteiger charge is -2.25. The van der Waals surface area contributed by atoms with E-state index < -0.39 is 10.0 Å². The lowest BCUT2D eigenvalue weighted by Crippen LogP contribution is -2.41. The Morgan fingerprint density at radius 1 is 1.00 bits per heavy atom. The number of carbonyl (C=O) groups excluding carboxylic acids is 1. The van der Waals surface area contributed by atoms with Crippen molar-refractivity contribution in [3.63, 3.8) is 0 Å². The zero-order chi connectivity index (χ0) is 21.6. The minimum Gasteiger partial charge on any atom is -0.493 e. The number of methoxy groups -OCH3 is 2. The molecule has 8 heteroatoms. The van der Waals surface area contributed by atoms with Crippen LogP contribution >= 0.6 is 0 Å². The number of aryl methyl sites for hydroxylation is 2. The number of anilines is 1. The molecule has 0 aliphatic rings. The van der Waals surface area contributed by atoms with Gasteiger partial charge in [0, 0.05) is 12.6 Å². The lowest BCUT2D eigenvalue weighted by atomic mass is 10.1. The lowest BCUT2D eigenvalue weighted by molar-refractivity contribution is -0.119. The smallest absolute Gasteiger partial charge is 0.264 e. The maximum Gasteiger partial charge on any atom is 0.264 e. The summed E-state index contributed by atoms with van der Waals surface area (Å²) >= 11 is 0. The maximum atomic E-state index is 13.5. The van der Waals surface area contributed by atoms with Crippen molar-refractivity contribution in [2.75, 3.05) is 31.6 Å². The molecule has 0 radical (unpaired) electrons. The fraction of sp³-hybridized carbons (Fsp3) is 0.381. The van der Waals surface area contributed by atoms with E-state index in [0.29, 0.717) is 23.7 Å². The third-order valence-corrected chi connectivity index (χ3v) is 6.07. The second kappa shape index (κ2) is 9.65. The second-order valence-corrected chi connectivity index (χ2v) is 8.59. The first kappa shape index (κ1) is 22.5. The van der Waals surface area contributed by atoms with Crippen LogP contribution in [0.3, 0.4) is 0 Å². The van der Waals surface area contributed by atoms with Gasteiger partial charge in [-0.05, 0) is 55.7 Å². The molecule has 0 aliphatic heterocycles. The van der Waals surface area contributed by atoms with Gasteiger partial charge in [-0.3, -0.25) is 9.10 Å². The van der Waals surface area contributed by atoms with Gasteiger partial charge >= 0.3 is 0 Å². The third kappa shape index (κ3) is 5.41. The zero-order valence-corrected chi connectivity index (χ0v) is 18.3. The highest BCUT2D eigenvalue weighted by atomic mass is 32.2. The molecule has 0 fully saturated rings. The number of ether oxygens (including phenoxy) is 2. The van der Waals surface area contributed by atoms with Crippen molar-refractivity contribution < 1.29 is 22.7 Å². The Morgan fingerprint density at radius 2 is 1.62 bits per heavy atom. The van der Waals surface area contributed by atoms with E-state index in [1.807, 2.05) is 26.8 Å². The number of amides is 1. The Morgan fingerprint density at radius 3 is 2.17 bits per heavy atom. The average Bonchev–Trinajstić information content (AvgIpc) is 2.68. The molecule has 0 spiro atoms. The largest absolute Gasteiger partial charge is 0.493 e. The number of benzene rings is 2. The quantitative estimate of drug-likeness (QED) is 0.674. The van der Waals surface area contributed by atoms with E-state index in [0.717, 1.165) is 21.9 Å². The Kier molecular flexibility index (Phi) is 7.50. The topological polar surface area (TPSA) is 84.9 Å². The van der Waals surface area contributed by atoms with Gasteiger partial charge in [0.25, 0.3) is 10.0 Å². The molecule has 0 heterocycles. The van der Waals surface area contributed by atoms with Gasteiger partial charge in [-0.1, -0.05) is 13.0 Å². The van der Waals surface area contributed by atoms with Crippen molar-refractivity contribution >= 4 is 21.6 Å². The molecule has 158 valence electrons. The molecule has 1 amide bonds. The first-order valence-corrected chi connectivity index (χ1v) is 10.8. The third-order valence-electron chi connectivity index (χ3n) is 4.30. The molecular weight excluding hydrogens is 392 g/mol. The van der Waals surface area contributed by atoms with Gasteiger partial charge in [0.05, 0.1) is 24.8 Å². The molecule has 0 unspecified atom stereocenters. The van der Waals surface area contributed by atoms with Crippen molar-refractivity contribution in [3.8, 4) is 11.5 Å². The predicted molar refractivity (Wildman–Crippen MR) is 113 cm³/mol. The summed E-state index contributed by atoms with van der Waals surface area (Å²) in [6, 6.07) is 9.81. The Labute approximate surface area is 172 Å². The van der Waals surface area contributed by atoms with E-state index in [1.165, 1.54) is 32.4 Å². The molecule has 2 aromatic carbocycles. The first-order chi connectivity index (χ1) is 13.7. The number of hydrogen-bond donors (Lipinski definition) is 1. The predicted octanol–water partition coefficient (Wildman–Crippen LogP) is 3.04. The summed E-state index contributed by atoms with van der Waals surface area (Å²) in [4.78, 5) is 12.4. The van der Waals surface area contributed by atoms with Crippen LogP contribution in [-0.4, -0.2) is 41.6 Å². The summed E-state index contributed by atoms with van der Waals surface area (Å²) < 4.78 is 38.5. The van der Waals surface area contributed by atoms with Gasteiger partial charge in [0.1, 0.15) is 6.54 Å². The minimum atomic E-state index is -4.03. The number of nitrogens with one attached hydrogen (secondary N) is 1. The highest BCUT2D eigenvalue weighted by Gasteiger charge is 2.28. The van der Waals surface area contributed by atoms with Crippen LogP contribution in [0.1, 0.15) is 24.5 Å². The number of hydrogen-bond acceptors (Lipinski definition) is 5. The van der Waals surface area contributed by atoms with Gasteiger partial charge in [-0.25, -0.2) is 8.42 Å². The summed E-state index contributed by atoms with van der Waals surface area (Å²) in [5.41, 5.74) is 2.24. The number of carbonyl (C=O) groups is 1. The molecule has 29 heavy (non-hydrogen) atoms. The van der Waals surface area contributed by atoms with Crippen LogP contribution in [0, 0.1) is 13.8 Å². The van der Waals surface area contributed by atoms with Crippen molar-refractivity contribution in [1.29, 1.82) is 0 Å². The highest BCUT2D eigenvalue weighted by molar-refractivity contribution is 7.92. The van der Waals surface area contributed by atoms with Crippen LogP contribution in [-0.2, 0) is 14.8 Å². The van der Waals surface area contributed by atoms with Crippen LogP contribution in [0.5, 0.6) is 11.5 Å². The van der Waals surface area contributed by atoms with E-state index in [-0.39, 0.29) is 17.3 Å². The van der Waals surface area contributed by atoms with Gasteiger partial charge in [-0.2, -0.15) is 0 Å². The molecule has 0 aromatic heterocycles. The summed E-state index contributed by atoms with van der Waals surface area (Å²) in [5, 5.41) is 2.74. The summed E-state index contributed by atoms with van der Waals surface area (Å²) in [5.74, 6) is 0.351. The standard InChI is InChI=1S/C21H28N2O5S/c1-6-9-22-21(24)14-23(17-11-15(2)10-16(3)12-17)29(25,26)18-7-8-19(27-4)20(13-18)28-5/h7-8,10-13H,6,9,14H2,1-5H3,(H,22,24). The van der Waals surface area contributed by atoms with Crippen LogP contribution in [0.2, 0.25) is 0 Å². The Bertz CT molecular complexity index is 953. The Balaban J connectivity index is 2.55. The molecule has 0 saturated carbocycles. The van der Waals surface area contributed by atoms with Crippen molar-refractivity contribution in [2.45, 2.75) is 32.1 Å². The minimum absolute atomic E-state index is 0.0117. The summed E-state index contributed by atoms with van der Waals surface area (Å²) in [6.45, 7) is 5.86. The number of sulfonamides is 1. The second-order valence-electron chi connectivity index (χ2n) is 6.72. The molecular formula is C21H28N2O5S. The van der Waals surface area contributed by atoms with Crippen molar-refractivity contribution in [1.82, 2.24) is 5.32 Å². The van der Waals surface area contributed by atoms with E-state index in [4.69, 9.17) is 9.47 Å². The number of nitrogens with zero attached hydrogens (tertiary/aromatic N) is 1. The van der Waals surface area contributed by atoms with Crippen molar-refractivity contribution in [3.05, 3.63) is 47.5 Å². The molecule has 2 rings (SSSR count). The highest BCUT2D eigenvalue weighted by Crippen LogP contribution is 2.32. The molecule has 0 aliphatic carbocycles. The summed E-state index contributed by atoms with van der Waals surface area (Å²) in [6.07, 6.45) is 0.762. The van der Waals surface area contributed by atoms with Crippen LogP contribution < -0.4 is 19.1 Å². The monoisotopic (exact) mass is 420 g/mol. The van der Waals surface area contributed by atoms with Crippen LogP contribution in [0.25, 0.3) is 0 Å². The normalized spacial score (nSPS) is 11.1. The molecule has 1 N–H and O–H groups in total. The fourth-order valence-electron chi connectivity index (χ4n) is 2.96. The first-order valence-electron chi connectivity index (χ1n) is 9.32. The zero-order valence-electron chi connectivity index (χ0n) is 17.5. The van der Waals surface area contributed by atoms with E-state index in [9.17, 15) is 13.2 Å². The van der Waals surface area contributed by atoms with Crippen LogP contribution in [0.15, 0.2) is 41.3 Å². The van der Waals surface area contributed by atoms with Crippen LogP contribution in [0.4, 0.5) is 5.69 Å². The van der Waals surface area contributed by atoms with Gasteiger partial charge in [0.15, 0.2) is 11.5 Å². The summed E-state index contributed by atoms with van der Waals surface area (Å²) in [7, 11) is -1.11. The Hall–Kier alpha value is -2.74. The average molecular weight is 421 g/mol. The van der Waals surface area contributed by atoms with E-state index >= 15 is 0 Å². The SMILES string of the molecule is CCCNC(=O)CN(c1cc(C)cc(C)c1)S(=O)(=O)c1ccc(OC)c(OC)c1. The molecule has 0 saturated heterocycles. The van der Waals surface area contributed by atoms with Gasteiger partial charge in [0.2, 0.25) is 5.91 Å². The molecule has 0 bridgehead atoms. The molecule has 7 nitrogen and oxygen atoms in total. The van der Waals surface area contributed by atoms with Crippen molar-refractivity contribution in [2.24, 2.45) is 0 Å². The number of rotatable bonds is 9. The van der Waals surface area contributed by atoms with Gasteiger partial charge in [-0.15, -0.1) is 0 Å². The molecule has 2 aromatic rings.